The van der Waals surface area contributed by atoms with Crippen LogP contribution in [0.4, 0.5) is 0 Å². The third-order valence-electron chi connectivity index (χ3n) is 4.72. The largest absolute Gasteiger partial charge is 0.438 e. The minimum atomic E-state index is -0.587. The van der Waals surface area contributed by atoms with Gasteiger partial charge in [-0.05, 0) is 36.9 Å². The Balaban J connectivity index is 1.51. The predicted octanol–water partition coefficient (Wildman–Crippen LogP) is 2.08. The maximum Gasteiger partial charge on any atom is 0.438 e. The van der Waals surface area contributed by atoms with Crippen LogP contribution in [0, 0.1) is 5.92 Å². The first-order valence-corrected chi connectivity index (χ1v) is 8.11. The smallest absolute Gasteiger partial charge is 0.316 e. The van der Waals surface area contributed by atoms with Crippen LogP contribution in [0.15, 0.2) is 27.5 Å². The van der Waals surface area contributed by atoms with Crippen molar-refractivity contribution in [3.05, 3.63) is 50.7 Å². The quantitative estimate of drug-likeness (QED) is 0.836. The van der Waals surface area contributed by atoms with Crippen molar-refractivity contribution in [2.24, 2.45) is 5.92 Å². The number of rotatable bonds is 4. The van der Waals surface area contributed by atoms with E-state index in [0.29, 0.717) is 28.7 Å². The van der Waals surface area contributed by atoms with Crippen molar-refractivity contribution in [2.45, 2.75) is 24.7 Å². The summed E-state index contributed by atoms with van der Waals surface area (Å²) in [6.45, 7) is 1.93. The summed E-state index contributed by atoms with van der Waals surface area (Å²) in [6, 6.07) is 5.57. The zero-order chi connectivity index (χ0) is 16.0. The molecule has 2 heterocycles. The van der Waals surface area contributed by atoms with Crippen molar-refractivity contribution >= 4 is 17.4 Å². The zero-order valence-electron chi connectivity index (χ0n) is 12.3. The number of Topliss-reactive ketones (excluding diaryl/α,β-unsaturated/α-hetero) is 1. The first kappa shape index (κ1) is 14.7. The fourth-order valence-corrected chi connectivity index (χ4v) is 3.67. The van der Waals surface area contributed by atoms with Gasteiger partial charge in [0.1, 0.15) is 0 Å². The molecule has 6 nitrogen and oxygen atoms in total. The number of nitrogens with zero attached hydrogens (tertiary/aromatic N) is 1. The fraction of sp³-hybridized carbons (Fsp3) is 0.438. The van der Waals surface area contributed by atoms with Gasteiger partial charge in [-0.25, -0.2) is 4.79 Å². The van der Waals surface area contributed by atoms with E-state index in [4.69, 9.17) is 11.6 Å². The number of aromatic amines is 1. The van der Waals surface area contributed by atoms with Crippen LogP contribution in [0.2, 0.25) is 5.02 Å². The zero-order valence-corrected chi connectivity index (χ0v) is 13.1. The maximum atomic E-state index is 12.6. The molecule has 0 bridgehead atoms. The number of H-pyrrole nitrogens is 1. The Morgan fingerprint density at radius 3 is 2.91 bits per heavy atom. The van der Waals surface area contributed by atoms with Crippen LogP contribution in [0.1, 0.15) is 46.4 Å². The molecule has 0 spiro atoms. The Labute approximate surface area is 137 Å². The van der Waals surface area contributed by atoms with Gasteiger partial charge in [0.25, 0.3) is 0 Å². The summed E-state index contributed by atoms with van der Waals surface area (Å²) in [7, 11) is 0. The van der Waals surface area contributed by atoms with Crippen LogP contribution in [-0.4, -0.2) is 29.0 Å². The molecule has 2 fully saturated rings. The molecule has 120 valence electrons. The van der Waals surface area contributed by atoms with Gasteiger partial charge in [0.2, 0.25) is 0 Å². The lowest BCUT2D eigenvalue weighted by atomic mass is 9.95. The van der Waals surface area contributed by atoms with E-state index in [0.717, 1.165) is 25.1 Å². The van der Waals surface area contributed by atoms with Crippen LogP contribution in [-0.2, 0) is 0 Å². The molecule has 1 aliphatic heterocycles. The molecule has 2 aliphatic rings. The van der Waals surface area contributed by atoms with E-state index in [1.165, 1.54) is 0 Å². The van der Waals surface area contributed by atoms with Crippen LogP contribution < -0.4 is 11.1 Å². The van der Waals surface area contributed by atoms with Gasteiger partial charge in [-0.2, -0.15) is 0 Å². The number of nitrogens with one attached hydrogen (secondary N) is 2. The highest BCUT2D eigenvalue weighted by Crippen LogP contribution is 2.47. The van der Waals surface area contributed by atoms with E-state index >= 15 is 0 Å². The van der Waals surface area contributed by atoms with Gasteiger partial charge >= 0.3 is 5.76 Å². The first-order chi connectivity index (χ1) is 11.1. The van der Waals surface area contributed by atoms with Gasteiger partial charge in [0, 0.05) is 29.0 Å². The van der Waals surface area contributed by atoms with Crippen molar-refractivity contribution in [3.8, 4) is 0 Å². The monoisotopic (exact) mass is 333 g/mol. The molecule has 1 saturated carbocycles. The average molecular weight is 334 g/mol. The summed E-state index contributed by atoms with van der Waals surface area (Å²) in [5, 5.41) is 7.63. The van der Waals surface area contributed by atoms with E-state index in [2.05, 4.69) is 20.0 Å². The van der Waals surface area contributed by atoms with Gasteiger partial charge in [-0.1, -0.05) is 28.9 Å². The molecule has 0 radical (unpaired) electrons. The summed E-state index contributed by atoms with van der Waals surface area (Å²) >= 11 is 6.38. The van der Waals surface area contributed by atoms with Crippen molar-refractivity contribution in [1.82, 2.24) is 15.5 Å². The molecular weight excluding hydrogens is 318 g/mol. The Hall–Kier alpha value is -1.92. The van der Waals surface area contributed by atoms with Crippen LogP contribution in [0.5, 0.6) is 0 Å². The fourth-order valence-electron chi connectivity index (χ4n) is 3.33. The normalized spacial score (nSPS) is 26.4. The molecule has 1 unspecified atom stereocenters. The van der Waals surface area contributed by atoms with Gasteiger partial charge in [0.15, 0.2) is 11.6 Å². The maximum absolute atomic E-state index is 12.6. The number of carbonyl (C=O) groups excluding carboxylic acids is 1. The molecule has 3 atom stereocenters. The predicted molar refractivity (Wildman–Crippen MR) is 84.0 cm³/mol. The minimum absolute atomic E-state index is 0.0387. The first-order valence-electron chi connectivity index (χ1n) is 7.74. The number of hydrogen-bond acceptors (Lipinski definition) is 5. The molecule has 1 saturated heterocycles. The molecule has 2 aromatic rings. The second-order valence-corrected chi connectivity index (χ2v) is 6.63. The summed E-state index contributed by atoms with van der Waals surface area (Å²) in [4.78, 5) is 26.1. The lowest BCUT2D eigenvalue weighted by Gasteiger charge is -2.12. The molecule has 4 rings (SSSR count). The number of carbonyl (C=O) groups is 1. The summed E-state index contributed by atoms with van der Waals surface area (Å²) in [5.74, 6) is 0.0957. The number of ketones is 1. The Bertz CT molecular complexity index is 807. The van der Waals surface area contributed by atoms with E-state index in [1.807, 2.05) is 12.1 Å². The SMILES string of the molecule is O=C(c1ccc(C2CCNC2)c(Cl)c1)[C@H]1C[C@@H]1c1noc(=O)[nH]1. The molecular formula is C16H16ClN3O3. The van der Waals surface area contributed by atoms with Crippen LogP contribution >= 0.6 is 11.6 Å². The number of halogens is 1. The highest BCUT2D eigenvalue weighted by Gasteiger charge is 2.46. The van der Waals surface area contributed by atoms with E-state index in [1.54, 1.807) is 6.07 Å². The number of hydrogen-bond donors (Lipinski definition) is 2. The van der Waals surface area contributed by atoms with Gasteiger partial charge in [-0.3, -0.25) is 14.3 Å². The Morgan fingerprint density at radius 2 is 2.26 bits per heavy atom. The molecule has 2 N–H and O–H groups in total. The summed E-state index contributed by atoms with van der Waals surface area (Å²) < 4.78 is 4.49. The Morgan fingerprint density at radius 1 is 1.39 bits per heavy atom. The number of aromatic nitrogens is 2. The lowest BCUT2D eigenvalue weighted by Crippen LogP contribution is -2.09. The average Bonchev–Trinajstić information content (AvgIpc) is 2.94. The van der Waals surface area contributed by atoms with Crippen molar-refractivity contribution in [1.29, 1.82) is 0 Å². The second-order valence-electron chi connectivity index (χ2n) is 6.22. The standard InChI is InChI=1S/C16H16ClN3O3/c17-13-5-8(1-2-10(13)9-3-4-18-7-9)14(21)11-6-12(11)15-19-16(22)23-20-15/h1-2,5,9,11-12,18H,3-4,6-7H2,(H,19,20,22)/t9?,11-,12-/m0/s1. The highest BCUT2D eigenvalue weighted by molar-refractivity contribution is 6.31. The van der Waals surface area contributed by atoms with E-state index in [9.17, 15) is 9.59 Å². The third kappa shape index (κ3) is 2.72. The Kier molecular flexibility index (Phi) is 3.58. The molecule has 1 aromatic heterocycles. The topological polar surface area (TPSA) is 88.0 Å². The minimum Gasteiger partial charge on any atom is -0.316 e. The van der Waals surface area contributed by atoms with Gasteiger partial charge in [-0.15, -0.1) is 0 Å². The third-order valence-corrected chi connectivity index (χ3v) is 5.05. The molecule has 7 heteroatoms. The van der Waals surface area contributed by atoms with Crippen LogP contribution in [0.25, 0.3) is 0 Å². The molecule has 1 aromatic carbocycles. The molecule has 0 amide bonds. The van der Waals surface area contributed by atoms with Crippen LogP contribution in [0.3, 0.4) is 0 Å². The second kappa shape index (κ2) is 5.62. The number of benzene rings is 1. The van der Waals surface area contributed by atoms with Crippen molar-refractivity contribution < 1.29 is 9.32 Å². The van der Waals surface area contributed by atoms with Gasteiger partial charge < -0.3 is 5.32 Å². The van der Waals surface area contributed by atoms with E-state index in [-0.39, 0.29) is 17.6 Å². The van der Waals surface area contributed by atoms with Crippen molar-refractivity contribution in [3.63, 3.8) is 0 Å². The van der Waals surface area contributed by atoms with Gasteiger partial charge in [0.05, 0.1) is 0 Å². The van der Waals surface area contributed by atoms with E-state index < -0.39 is 5.76 Å². The lowest BCUT2D eigenvalue weighted by molar-refractivity contribution is 0.0964. The summed E-state index contributed by atoms with van der Waals surface area (Å²) in [5.41, 5.74) is 1.71. The molecule has 23 heavy (non-hydrogen) atoms. The molecule has 1 aliphatic carbocycles. The van der Waals surface area contributed by atoms with Crippen molar-refractivity contribution in [2.75, 3.05) is 13.1 Å². The summed E-state index contributed by atoms with van der Waals surface area (Å²) in [6.07, 6.45) is 1.74. The highest BCUT2D eigenvalue weighted by atomic mass is 35.5.